The van der Waals surface area contributed by atoms with Crippen molar-refractivity contribution in [3.05, 3.63) is 24.0 Å². The predicted octanol–water partition coefficient (Wildman–Crippen LogP) is 2.48. The monoisotopic (exact) mass is 309 g/mol. The van der Waals surface area contributed by atoms with Gasteiger partial charge in [-0.15, -0.1) is 0 Å². The lowest BCUT2D eigenvalue weighted by Gasteiger charge is -2.19. The lowest BCUT2D eigenvalue weighted by molar-refractivity contribution is 0.0527. The van der Waals surface area contributed by atoms with E-state index < -0.39 is 5.60 Å². The van der Waals surface area contributed by atoms with Gasteiger partial charge in [0.1, 0.15) is 11.4 Å². The van der Waals surface area contributed by atoms with Crippen LogP contribution in [-0.2, 0) is 11.3 Å². The molecule has 124 valence electrons. The van der Waals surface area contributed by atoms with Gasteiger partial charge in [-0.1, -0.05) is 0 Å². The Morgan fingerprint density at radius 3 is 2.55 bits per heavy atom. The fourth-order valence-electron chi connectivity index (χ4n) is 1.73. The average molecular weight is 309 g/mol. The Kier molecular flexibility index (Phi) is 7.66. The van der Waals surface area contributed by atoms with Crippen molar-refractivity contribution in [3.63, 3.8) is 0 Å². The van der Waals surface area contributed by atoms with E-state index in [4.69, 9.17) is 9.47 Å². The van der Waals surface area contributed by atoms with Crippen LogP contribution in [0.4, 0.5) is 4.79 Å². The zero-order chi connectivity index (χ0) is 16.4. The van der Waals surface area contributed by atoms with Crippen molar-refractivity contribution in [2.45, 2.75) is 45.8 Å². The molecule has 0 atom stereocenters. The summed E-state index contributed by atoms with van der Waals surface area (Å²) < 4.78 is 10.2. The second-order valence-corrected chi connectivity index (χ2v) is 6.00. The predicted molar refractivity (Wildman–Crippen MR) is 86.0 cm³/mol. The van der Waals surface area contributed by atoms with E-state index in [1.807, 2.05) is 32.9 Å². The Hall–Kier alpha value is -1.82. The van der Waals surface area contributed by atoms with Gasteiger partial charge in [0, 0.05) is 13.1 Å². The molecule has 0 aliphatic carbocycles. The number of pyridine rings is 1. The molecule has 0 aliphatic heterocycles. The third-order valence-electron chi connectivity index (χ3n) is 2.79. The highest BCUT2D eigenvalue weighted by atomic mass is 16.6. The SMILES string of the molecule is COc1ccc(CNCCCCNC(=O)OC(C)(C)C)nc1. The highest BCUT2D eigenvalue weighted by Gasteiger charge is 2.15. The molecular formula is C16H27N3O3. The molecule has 0 unspecified atom stereocenters. The van der Waals surface area contributed by atoms with Crippen LogP contribution in [-0.4, -0.2) is 36.9 Å². The van der Waals surface area contributed by atoms with Crippen LogP contribution in [0, 0.1) is 0 Å². The Morgan fingerprint density at radius 1 is 1.23 bits per heavy atom. The number of aromatic nitrogens is 1. The molecule has 0 aromatic carbocycles. The fraction of sp³-hybridized carbons (Fsp3) is 0.625. The third kappa shape index (κ3) is 8.46. The van der Waals surface area contributed by atoms with Gasteiger partial charge in [-0.25, -0.2) is 4.79 Å². The molecule has 0 fully saturated rings. The number of alkyl carbamates (subject to hydrolysis) is 1. The second-order valence-electron chi connectivity index (χ2n) is 6.00. The molecule has 1 heterocycles. The van der Waals surface area contributed by atoms with Crippen LogP contribution in [0.2, 0.25) is 0 Å². The van der Waals surface area contributed by atoms with Crippen molar-refractivity contribution in [2.75, 3.05) is 20.2 Å². The molecule has 1 rings (SSSR count). The summed E-state index contributed by atoms with van der Waals surface area (Å²) in [5.74, 6) is 0.761. The van der Waals surface area contributed by atoms with Crippen LogP contribution in [0.15, 0.2) is 18.3 Å². The highest BCUT2D eigenvalue weighted by molar-refractivity contribution is 5.67. The summed E-state index contributed by atoms with van der Waals surface area (Å²) in [5.41, 5.74) is 0.532. The number of rotatable bonds is 8. The first-order valence-corrected chi connectivity index (χ1v) is 7.57. The van der Waals surface area contributed by atoms with Gasteiger partial charge in [0.15, 0.2) is 0 Å². The Balaban J connectivity index is 2.02. The summed E-state index contributed by atoms with van der Waals surface area (Å²) in [6.45, 7) is 7.78. The highest BCUT2D eigenvalue weighted by Crippen LogP contribution is 2.07. The number of nitrogens with zero attached hydrogens (tertiary/aromatic N) is 1. The smallest absolute Gasteiger partial charge is 0.407 e. The minimum atomic E-state index is -0.447. The van der Waals surface area contributed by atoms with Gasteiger partial charge in [-0.2, -0.15) is 0 Å². The molecule has 1 aromatic heterocycles. The van der Waals surface area contributed by atoms with Crippen LogP contribution < -0.4 is 15.4 Å². The van der Waals surface area contributed by atoms with Gasteiger partial charge in [-0.3, -0.25) is 4.98 Å². The molecule has 0 bridgehead atoms. The first kappa shape index (κ1) is 18.2. The van der Waals surface area contributed by atoms with Crippen LogP contribution in [0.1, 0.15) is 39.3 Å². The number of hydrogen-bond acceptors (Lipinski definition) is 5. The van der Waals surface area contributed by atoms with Crippen LogP contribution in [0.25, 0.3) is 0 Å². The second kappa shape index (κ2) is 9.25. The summed E-state index contributed by atoms with van der Waals surface area (Å²) in [4.78, 5) is 15.7. The van der Waals surface area contributed by atoms with Crippen molar-refractivity contribution in [1.29, 1.82) is 0 Å². The normalized spacial score (nSPS) is 11.1. The summed E-state index contributed by atoms with van der Waals surface area (Å²) in [6.07, 6.45) is 3.23. The molecule has 0 saturated heterocycles. The minimum Gasteiger partial charge on any atom is -0.495 e. The maximum Gasteiger partial charge on any atom is 0.407 e. The maximum atomic E-state index is 11.4. The van der Waals surface area contributed by atoms with Gasteiger partial charge in [-0.05, 0) is 52.3 Å². The number of unbranched alkanes of at least 4 members (excludes halogenated alkanes) is 1. The zero-order valence-corrected chi connectivity index (χ0v) is 13.9. The van der Waals surface area contributed by atoms with Crippen molar-refractivity contribution in [3.8, 4) is 5.75 Å². The quantitative estimate of drug-likeness (QED) is 0.722. The van der Waals surface area contributed by atoms with Gasteiger partial charge in [0.2, 0.25) is 0 Å². The number of methoxy groups -OCH3 is 1. The lowest BCUT2D eigenvalue weighted by Crippen LogP contribution is -2.33. The molecule has 0 aliphatic rings. The van der Waals surface area contributed by atoms with Gasteiger partial charge in [0.05, 0.1) is 19.0 Å². The molecule has 22 heavy (non-hydrogen) atoms. The Labute approximate surface area is 132 Å². The topological polar surface area (TPSA) is 72.5 Å². The van der Waals surface area contributed by atoms with E-state index in [2.05, 4.69) is 15.6 Å². The first-order chi connectivity index (χ1) is 10.4. The molecule has 1 amide bonds. The summed E-state index contributed by atoms with van der Waals surface area (Å²) in [6, 6.07) is 3.84. The van der Waals surface area contributed by atoms with E-state index in [1.54, 1.807) is 13.3 Å². The van der Waals surface area contributed by atoms with Crippen molar-refractivity contribution >= 4 is 6.09 Å². The fourth-order valence-corrected chi connectivity index (χ4v) is 1.73. The largest absolute Gasteiger partial charge is 0.495 e. The zero-order valence-electron chi connectivity index (χ0n) is 13.9. The average Bonchev–Trinajstić information content (AvgIpc) is 2.45. The van der Waals surface area contributed by atoms with E-state index in [0.29, 0.717) is 6.54 Å². The molecule has 1 aromatic rings. The number of hydrogen-bond donors (Lipinski definition) is 2. The molecule has 0 radical (unpaired) electrons. The standard InChI is InChI=1S/C16H27N3O3/c1-16(2,3)22-15(20)18-10-6-5-9-17-11-13-7-8-14(21-4)12-19-13/h7-8,12,17H,5-6,9-11H2,1-4H3,(H,18,20). The number of nitrogens with one attached hydrogen (secondary N) is 2. The van der Waals surface area contributed by atoms with E-state index >= 15 is 0 Å². The molecular weight excluding hydrogens is 282 g/mol. The number of carbonyl (C=O) groups is 1. The van der Waals surface area contributed by atoms with Crippen molar-refractivity contribution in [1.82, 2.24) is 15.6 Å². The van der Waals surface area contributed by atoms with Crippen LogP contribution >= 0.6 is 0 Å². The number of carbonyl (C=O) groups excluding carboxylic acids is 1. The molecule has 6 nitrogen and oxygen atoms in total. The Bertz CT molecular complexity index is 441. The van der Waals surface area contributed by atoms with Gasteiger partial charge in [0.25, 0.3) is 0 Å². The number of amides is 1. The molecule has 0 spiro atoms. The maximum absolute atomic E-state index is 11.4. The van der Waals surface area contributed by atoms with E-state index in [-0.39, 0.29) is 6.09 Å². The van der Waals surface area contributed by atoms with Gasteiger partial charge >= 0.3 is 6.09 Å². The van der Waals surface area contributed by atoms with Gasteiger partial charge < -0.3 is 20.1 Å². The van der Waals surface area contributed by atoms with E-state index in [0.717, 1.165) is 37.4 Å². The summed E-state index contributed by atoms with van der Waals surface area (Å²) in [5, 5.41) is 6.06. The third-order valence-corrected chi connectivity index (χ3v) is 2.79. The summed E-state index contributed by atoms with van der Waals surface area (Å²) in [7, 11) is 1.63. The lowest BCUT2D eigenvalue weighted by atomic mass is 10.2. The molecule has 0 saturated carbocycles. The van der Waals surface area contributed by atoms with Crippen molar-refractivity contribution in [2.24, 2.45) is 0 Å². The van der Waals surface area contributed by atoms with E-state index in [9.17, 15) is 4.79 Å². The molecule has 6 heteroatoms. The van der Waals surface area contributed by atoms with Crippen LogP contribution in [0.3, 0.4) is 0 Å². The van der Waals surface area contributed by atoms with E-state index in [1.165, 1.54) is 0 Å². The van der Waals surface area contributed by atoms with Crippen molar-refractivity contribution < 1.29 is 14.3 Å². The first-order valence-electron chi connectivity index (χ1n) is 7.57. The summed E-state index contributed by atoms with van der Waals surface area (Å²) >= 11 is 0. The molecule has 2 N–H and O–H groups in total. The Morgan fingerprint density at radius 2 is 1.95 bits per heavy atom. The minimum absolute atomic E-state index is 0.358. The number of ether oxygens (including phenoxy) is 2. The van der Waals surface area contributed by atoms with Crippen LogP contribution in [0.5, 0.6) is 5.75 Å².